The molecule has 0 aliphatic carbocycles. The highest BCUT2D eigenvalue weighted by Crippen LogP contribution is 2.43. The smallest absolute Gasteiger partial charge is 0.312 e. The van der Waals surface area contributed by atoms with Crippen LogP contribution in [0, 0.1) is 5.41 Å². The van der Waals surface area contributed by atoms with E-state index in [-0.39, 0.29) is 41.5 Å². The third-order valence-electron chi connectivity index (χ3n) is 6.14. The van der Waals surface area contributed by atoms with Gasteiger partial charge in [0.2, 0.25) is 0 Å². The number of nitrogens with zero attached hydrogens (tertiary/aromatic N) is 2. The summed E-state index contributed by atoms with van der Waals surface area (Å²) in [6.45, 7) is 3.18. The van der Waals surface area contributed by atoms with Crippen molar-refractivity contribution in [3.63, 3.8) is 0 Å². The Kier molecular flexibility index (Phi) is 7.38. The summed E-state index contributed by atoms with van der Waals surface area (Å²) < 4.78 is 10.9. The van der Waals surface area contributed by atoms with Crippen LogP contribution in [0.1, 0.15) is 42.7 Å². The van der Waals surface area contributed by atoms with Gasteiger partial charge >= 0.3 is 5.97 Å². The number of hydrogen-bond acceptors (Lipinski definition) is 7. The average molecular weight is 443 g/mol. The van der Waals surface area contributed by atoms with Crippen LogP contribution in [0.4, 0.5) is 0 Å². The standard InChI is InChI=1S/C19H25ClN2O5.CH2O2/c20-16-2-1-15(27-16)17(24)22-9-5-19(6-10-22)11-14(26-18(19)25)12-21-7-3-13(23)4-8-21;2-1-3/h1-2,13-14,23H,3-12H2;1H,(H,2,3). The number of hydrogen-bond donors (Lipinski definition) is 2. The minimum absolute atomic E-state index is 0.0983. The number of piperidine rings is 2. The van der Waals surface area contributed by atoms with Gasteiger partial charge in [0.05, 0.1) is 11.5 Å². The first kappa shape index (κ1) is 22.6. The van der Waals surface area contributed by atoms with Gasteiger partial charge < -0.3 is 24.3 Å². The Balaban J connectivity index is 0.000000806. The molecule has 3 saturated heterocycles. The zero-order chi connectivity index (χ0) is 21.7. The highest BCUT2D eigenvalue weighted by Gasteiger charge is 2.51. The second-order valence-electron chi connectivity index (χ2n) is 8.04. The van der Waals surface area contributed by atoms with Crippen LogP contribution in [-0.2, 0) is 14.3 Å². The summed E-state index contributed by atoms with van der Waals surface area (Å²) in [5.41, 5.74) is -0.475. The molecule has 1 aromatic rings. The lowest BCUT2D eigenvalue weighted by Crippen LogP contribution is -2.45. The van der Waals surface area contributed by atoms with Gasteiger partial charge in [0.25, 0.3) is 12.4 Å². The molecule has 4 rings (SSSR count). The molecule has 0 saturated carbocycles. The maximum atomic E-state index is 12.6. The lowest BCUT2D eigenvalue weighted by molar-refractivity contribution is -0.151. The number of cyclic esters (lactones) is 1. The van der Waals surface area contributed by atoms with Crippen molar-refractivity contribution >= 4 is 29.9 Å². The molecule has 9 nitrogen and oxygen atoms in total. The number of halogens is 1. The molecule has 3 aliphatic rings. The van der Waals surface area contributed by atoms with Crippen molar-refractivity contribution in [1.29, 1.82) is 0 Å². The molecule has 4 heterocycles. The molecule has 10 heteroatoms. The fourth-order valence-corrected chi connectivity index (χ4v) is 4.61. The van der Waals surface area contributed by atoms with Crippen LogP contribution in [0.2, 0.25) is 5.22 Å². The second kappa shape index (κ2) is 9.80. The summed E-state index contributed by atoms with van der Waals surface area (Å²) in [6.07, 6.45) is 3.19. The summed E-state index contributed by atoms with van der Waals surface area (Å²) in [7, 11) is 0. The molecule has 3 fully saturated rings. The molecule has 1 amide bonds. The normalized spacial score (nSPS) is 24.3. The Morgan fingerprint density at radius 1 is 1.23 bits per heavy atom. The summed E-state index contributed by atoms with van der Waals surface area (Å²) in [6, 6.07) is 3.13. The molecule has 0 bridgehead atoms. The van der Waals surface area contributed by atoms with E-state index in [4.69, 9.17) is 30.7 Å². The number of aliphatic hydroxyl groups excluding tert-OH is 1. The van der Waals surface area contributed by atoms with Crippen LogP contribution in [-0.4, -0.2) is 83.3 Å². The van der Waals surface area contributed by atoms with Gasteiger partial charge in [-0.2, -0.15) is 0 Å². The minimum Gasteiger partial charge on any atom is -0.483 e. The number of ether oxygens (including phenoxy) is 1. The second-order valence-corrected chi connectivity index (χ2v) is 8.42. The number of esters is 1. The van der Waals surface area contributed by atoms with Crippen molar-refractivity contribution in [3.8, 4) is 0 Å². The maximum Gasteiger partial charge on any atom is 0.312 e. The third kappa shape index (κ3) is 5.14. The number of carboxylic acid groups (broad SMARTS) is 1. The number of aliphatic hydroxyl groups is 1. The molecule has 166 valence electrons. The predicted molar refractivity (Wildman–Crippen MR) is 106 cm³/mol. The Bertz CT molecular complexity index is 752. The van der Waals surface area contributed by atoms with Gasteiger partial charge in [0.15, 0.2) is 11.0 Å². The number of carbonyl (C=O) groups excluding carboxylic acids is 2. The highest BCUT2D eigenvalue weighted by atomic mass is 35.5. The quantitative estimate of drug-likeness (QED) is 0.535. The lowest BCUT2D eigenvalue weighted by Gasteiger charge is -2.36. The first-order valence-corrected chi connectivity index (χ1v) is 10.5. The van der Waals surface area contributed by atoms with Gasteiger partial charge in [-0.3, -0.25) is 19.3 Å². The zero-order valence-corrected chi connectivity index (χ0v) is 17.4. The highest BCUT2D eigenvalue weighted by molar-refractivity contribution is 6.29. The fourth-order valence-electron chi connectivity index (χ4n) is 4.46. The van der Waals surface area contributed by atoms with E-state index >= 15 is 0 Å². The molecule has 3 aliphatic heterocycles. The van der Waals surface area contributed by atoms with Gasteiger partial charge in [-0.05, 0) is 49.4 Å². The monoisotopic (exact) mass is 442 g/mol. The van der Waals surface area contributed by atoms with E-state index in [9.17, 15) is 14.7 Å². The third-order valence-corrected chi connectivity index (χ3v) is 6.34. The number of carbonyl (C=O) groups is 3. The zero-order valence-electron chi connectivity index (χ0n) is 16.7. The van der Waals surface area contributed by atoms with Gasteiger partial charge in [-0.15, -0.1) is 0 Å². The lowest BCUT2D eigenvalue weighted by atomic mass is 9.76. The van der Waals surface area contributed by atoms with E-state index in [2.05, 4.69) is 4.90 Å². The predicted octanol–water partition coefficient (Wildman–Crippen LogP) is 1.63. The number of amides is 1. The molecule has 0 radical (unpaired) electrons. The van der Waals surface area contributed by atoms with Crippen molar-refractivity contribution in [2.24, 2.45) is 5.41 Å². The van der Waals surface area contributed by atoms with Crippen molar-refractivity contribution in [2.75, 3.05) is 32.7 Å². The molecule has 1 unspecified atom stereocenters. The van der Waals surface area contributed by atoms with Crippen LogP contribution in [0.15, 0.2) is 16.5 Å². The topological polar surface area (TPSA) is 121 Å². The van der Waals surface area contributed by atoms with Crippen molar-refractivity contribution < 1.29 is 33.8 Å². The van der Waals surface area contributed by atoms with Gasteiger partial charge in [-0.1, -0.05) is 0 Å². The van der Waals surface area contributed by atoms with E-state index in [1.807, 2.05) is 0 Å². The molecule has 1 aromatic heterocycles. The summed E-state index contributed by atoms with van der Waals surface area (Å²) in [5.74, 6) is -0.0839. The van der Waals surface area contributed by atoms with Crippen LogP contribution in [0.3, 0.4) is 0 Å². The van der Waals surface area contributed by atoms with Gasteiger partial charge in [-0.25, -0.2) is 0 Å². The molecular weight excluding hydrogens is 416 g/mol. The van der Waals surface area contributed by atoms with Crippen molar-refractivity contribution in [3.05, 3.63) is 23.1 Å². The van der Waals surface area contributed by atoms with E-state index in [0.29, 0.717) is 32.4 Å². The number of likely N-dealkylation sites (tertiary alicyclic amines) is 2. The first-order chi connectivity index (χ1) is 14.4. The minimum atomic E-state index is -0.475. The molecule has 2 N–H and O–H groups in total. The van der Waals surface area contributed by atoms with E-state index in [1.54, 1.807) is 17.0 Å². The van der Waals surface area contributed by atoms with E-state index in [0.717, 1.165) is 32.5 Å². The molecule has 0 aromatic carbocycles. The first-order valence-electron chi connectivity index (χ1n) is 10.1. The molecule has 1 atom stereocenters. The largest absolute Gasteiger partial charge is 0.483 e. The summed E-state index contributed by atoms with van der Waals surface area (Å²) in [5, 5.41) is 16.7. The average Bonchev–Trinajstić information content (AvgIpc) is 3.28. The van der Waals surface area contributed by atoms with Crippen LogP contribution < -0.4 is 0 Å². The summed E-state index contributed by atoms with van der Waals surface area (Å²) >= 11 is 5.75. The van der Waals surface area contributed by atoms with Gasteiger partial charge in [0, 0.05) is 39.1 Å². The van der Waals surface area contributed by atoms with Crippen molar-refractivity contribution in [1.82, 2.24) is 9.80 Å². The van der Waals surface area contributed by atoms with E-state index < -0.39 is 5.41 Å². The molecule has 1 spiro atoms. The van der Waals surface area contributed by atoms with Gasteiger partial charge in [0.1, 0.15) is 6.10 Å². The Morgan fingerprint density at radius 3 is 2.43 bits per heavy atom. The Hall–Kier alpha value is -2.10. The van der Waals surface area contributed by atoms with Crippen LogP contribution in [0.5, 0.6) is 0 Å². The van der Waals surface area contributed by atoms with Crippen LogP contribution in [0.25, 0.3) is 0 Å². The number of rotatable bonds is 3. The van der Waals surface area contributed by atoms with Crippen LogP contribution >= 0.6 is 11.6 Å². The number of furan rings is 1. The maximum absolute atomic E-state index is 12.6. The Labute approximate surface area is 179 Å². The molecular formula is C20H27ClN2O7. The van der Waals surface area contributed by atoms with Crippen molar-refractivity contribution in [2.45, 2.75) is 44.3 Å². The fraction of sp³-hybridized carbons (Fsp3) is 0.650. The molecule has 30 heavy (non-hydrogen) atoms. The Morgan fingerprint density at radius 2 is 1.87 bits per heavy atom. The summed E-state index contributed by atoms with van der Waals surface area (Å²) in [4.78, 5) is 37.4. The van der Waals surface area contributed by atoms with E-state index in [1.165, 1.54) is 0 Å². The SMILES string of the molecule is O=C(c1ccc(Cl)o1)N1CCC2(CC1)CC(CN1CCC(O)CC1)OC2=O.O=CO.